The second-order valence-electron chi connectivity index (χ2n) is 8.41. The smallest absolute Gasteiger partial charge is 0.261 e. The third-order valence-electron chi connectivity index (χ3n) is 6.22. The number of carbonyl (C=O) groups is 1. The maximum absolute atomic E-state index is 14.8. The molecule has 34 heavy (non-hydrogen) atoms. The first-order chi connectivity index (χ1) is 16.5. The Labute approximate surface area is 201 Å². The number of hydrogen-bond acceptors (Lipinski definition) is 6. The number of nitrogens with zero attached hydrogens (tertiary/aromatic N) is 2. The Bertz CT molecular complexity index is 1220. The van der Waals surface area contributed by atoms with E-state index in [0.717, 1.165) is 5.56 Å². The largest absolute Gasteiger partial charge is 0.507 e. The van der Waals surface area contributed by atoms with Gasteiger partial charge in [0.1, 0.15) is 40.3 Å². The molecule has 0 radical (unpaired) electrons. The summed E-state index contributed by atoms with van der Waals surface area (Å²) in [6.45, 7) is 3.95. The lowest BCUT2D eigenvalue weighted by Gasteiger charge is -2.34. The predicted molar refractivity (Wildman–Crippen MR) is 128 cm³/mol. The van der Waals surface area contributed by atoms with E-state index in [2.05, 4.69) is 15.6 Å². The van der Waals surface area contributed by atoms with Gasteiger partial charge in [-0.3, -0.25) is 4.79 Å². The molecule has 7 nitrogen and oxygen atoms in total. The summed E-state index contributed by atoms with van der Waals surface area (Å²) in [4.78, 5) is 20.0. The van der Waals surface area contributed by atoms with E-state index in [-0.39, 0.29) is 63.8 Å². The maximum Gasteiger partial charge on any atom is 0.261 e. The SMILES string of the molecule is C[C@@H](Nc1nc(-c2c(O)cccc2F)c(Cl)c2c1C(=O)N1CCNC[C@@H]1CO2)c1ccccc1. The van der Waals surface area contributed by atoms with Crippen LogP contribution in [-0.4, -0.2) is 53.2 Å². The Morgan fingerprint density at radius 3 is 2.79 bits per heavy atom. The number of aromatic nitrogens is 1. The number of benzene rings is 2. The molecule has 0 unspecified atom stereocenters. The van der Waals surface area contributed by atoms with E-state index in [1.807, 2.05) is 37.3 Å². The van der Waals surface area contributed by atoms with Crippen molar-refractivity contribution in [3.8, 4) is 22.8 Å². The minimum Gasteiger partial charge on any atom is -0.507 e. The number of nitrogens with one attached hydrogen (secondary N) is 2. The summed E-state index contributed by atoms with van der Waals surface area (Å²) in [5, 5.41) is 17.0. The molecule has 2 aliphatic rings. The molecule has 3 heterocycles. The molecule has 1 amide bonds. The topological polar surface area (TPSA) is 86.7 Å². The van der Waals surface area contributed by atoms with Gasteiger partial charge in [-0.05, 0) is 24.6 Å². The number of hydrogen-bond donors (Lipinski definition) is 3. The van der Waals surface area contributed by atoms with Gasteiger partial charge in [0.2, 0.25) is 0 Å². The molecule has 3 aromatic rings. The summed E-state index contributed by atoms with van der Waals surface area (Å²) in [7, 11) is 0. The fourth-order valence-corrected chi connectivity index (χ4v) is 4.71. The lowest BCUT2D eigenvalue weighted by molar-refractivity contribution is 0.0607. The number of piperazine rings is 1. The summed E-state index contributed by atoms with van der Waals surface area (Å²) in [6, 6.07) is 13.3. The third-order valence-corrected chi connectivity index (χ3v) is 6.57. The van der Waals surface area contributed by atoms with Gasteiger partial charge in [-0.15, -0.1) is 0 Å². The van der Waals surface area contributed by atoms with E-state index in [1.54, 1.807) is 4.90 Å². The van der Waals surface area contributed by atoms with Crippen molar-refractivity contribution in [2.75, 3.05) is 31.6 Å². The predicted octanol–water partition coefficient (Wildman–Crippen LogP) is 4.23. The highest BCUT2D eigenvalue weighted by molar-refractivity contribution is 6.35. The molecule has 0 spiro atoms. The van der Waals surface area contributed by atoms with Crippen LogP contribution in [0.1, 0.15) is 28.9 Å². The van der Waals surface area contributed by atoms with Crippen LogP contribution in [0.5, 0.6) is 11.5 Å². The summed E-state index contributed by atoms with van der Waals surface area (Å²) in [5.41, 5.74) is 1.04. The van der Waals surface area contributed by atoms with Gasteiger partial charge >= 0.3 is 0 Å². The standard InChI is InChI=1S/C25H24ClFN4O3/c1-14(15-6-3-2-4-7-15)29-24-20-23(34-13-16-12-28-10-11-31(16)25(20)33)21(26)22(30-24)19-17(27)8-5-9-18(19)32/h2-9,14,16,28,32H,10-13H2,1H3,(H,29,30)/t14-,16-/m1/s1. The number of ether oxygens (including phenoxy) is 1. The molecule has 3 N–H and O–H groups in total. The lowest BCUT2D eigenvalue weighted by Crippen LogP contribution is -2.54. The molecule has 5 rings (SSSR count). The molecular formula is C25H24ClFN4O3. The monoisotopic (exact) mass is 482 g/mol. The van der Waals surface area contributed by atoms with Gasteiger partial charge in [-0.25, -0.2) is 9.37 Å². The molecular weight excluding hydrogens is 459 g/mol. The number of anilines is 1. The second-order valence-corrected chi connectivity index (χ2v) is 8.78. The molecule has 0 saturated carbocycles. The van der Waals surface area contributed by atoms with Gasteiger partial charge in [-0.2, -0.15) is 0 Å². The van der Waals surface area contributed by atoms with Crippen molar-refractivity contribution >= 4 is 23.3 Å². The van der Waals surface area contributed by atoms with Gasteiger partial charge in [0.15, 0.2) is 5.75 Å². The van der Waals surface area contributed by atoms with Crippen molar-refractivity contribution in [1.29, 1.82) is 0 Å². The fourth-order valence-electron chi connectivity index (χ4n) is 4.42. The number of phenolic OH excluding ortho intramolecular Hbond substituents is 1. The van der Waals surface area contributed by atoms with Gasteiger partial charge in [0.25, 0.3) is 5.91 Å². The average molecular weight is 483 g/mol. The Morgan fingerprint density at radius 1 is 1.24 bits per heavy atom. The zero-order valence-electron chi connectivity index (χ0n) is 18.5. The van der Waals surface area contributed by atoms with Crippen molar-refractivity contribution in [2.45, 2.75) is 19.0 Å². The third kappa shape index (κ3) is 3.93. The molecule has 2 atom stereocenters. The van der Waals surface area contributed by atoms with Crippen LogP contribution >= 0.6 is 11.6 Å². The molecule has 1 fully saturated rings. The normalized spacial score (nSPS) is 18.4. The van der Waals surface area contributed by atoms with E-state index in [1.165, 1.54) is 18.2 Å². The van der Waals surface area contributed by atoms with Crippen molar-refractivity contribution in [2.24, 2.45) is 0 Å². The highest BCUT2D eigenvalue weighted by Gasteiger charge is 2.38. The number of rotatable bonds is 4. The highest BCUT2D eigenvalue weighted by atomic mass is 35.5. The average Bonchev–Trinajstić information content (AvgIpc) is 2.99. The fraction of sp³-hybridized carbons (Fsp3) is 0.280. The van der Waals surface area contributed by atoms with Crippen LogP contribution in [0.4, 0.5) is 10.2 Å². The Hall–Kier alpha value is -3.36. The summed E-state index contributed by atoms with van der Waals surface area (Å²) >= 11 is 6.69. The van der Waals surface area contributed by atoms with Crippen LogP contribution in [0.2, 0.25) is 5.02 Å². The second kappa shape index (κ2) is 9.12. The summed E-state index contributed by atoms with van der Waals surface area (Å²) in [6.07, 6.45) is 0. The number of amides is 1. The number of aromatic hydroxyl groups is 1. The molecule has 2 aromatic carbocycles. The molecule has 1 saturated heterocycles. The van der Waals surface area contributed by atoms with Gasteiger partial charge in [-0.1, -0.05) is 48.0 Å². The van der Waals surface area contributed by atoms with Gasteiger partial charge in [0, 0.05) is 25.7 Å². The zero-order chi connectivity index (χ0) is 23.8. The van der Waals surface area contributed by atoms with Crippen molar-refractivity contribution in [3.05, 3.63) is 70.5 Å². The first-order valence-electron chi connectivity index (χ1n) is 11.1. The number of phenols is 1. The maximum atomic E-state index is 14.8. The molecule has 176 valence electrons. The van der Waals surface area contributed by atoms with E-state index in [4.69, 9.17) is 16.3 Å². The minimum absolute atomic E-state index is 0.00424. The first kappa shape index (κ1) is 22.4. The van der Waals surface area contributed by atoms with E-state index >= 15 is 0 Å². The number of carbonyl (C=O) groups excluding carboxylic acids is 1. The zero-order valence-corrected chi connectivity index (χ0v) is 19.3. The molecule has 0 aliphatic carbocycles. The summed E-state index contributed by atoms with van der Waals surface area (Å²) in [5.74, 6) is -0.884. The highest BCUT2D eigenvalue weighted by Crippen LogP contribution is 2.45. The molecule has 2 aliphatic heterocycles. The van der Waals surface area contributed by atoms with Crippen LogP contribution in [0, 0.1) is 5.82 Å². The van der Waals surface area contributed by atoms with Crippen LogP contribution in [0.3, 0.4) is 0 Å². The van der Waals surface area contributed by atoms with Crippen molar-refractivity contribution in [1.82, 2.24) is 15.2 Å². The van der Waals surface area contributed by atoms with Crippen LogP contribution in [0.25, 0.3) is 11.3 Å². The Kier molecular flexibility index (Phi) is 6.02. The van der Waals surface area contributed by atoms with E-state index in [9.17, 15) is 14.3 Å². The molecule has 9 heteroatoms. The Morgan fingerprint density at radius 2 is 2.03 bits per heavy atom. The number of halogens is 2. The van der Waals surface area contributed by atoms with E-state index in [0.29, 0.717) is 19.6 Å². The molecule has 1 aromatic heterocycles. The van der Waals surface area contributed by atoms with Crippen LogP contribution in [0.15, 0.2) is 48.5 Å². The number of pyridine rings is 1. The number of fused-ring (bicyclic) bond motifs is 2. The first-order valence-corrected chi connectivity index (χ1v) is 11.5. The van der Waals surface area contributed by atoms with Crippen molar-refractivity contribution < 1.29 is 19.0 Å². The van der Waals surface area contributed by atoms with E-state index < -0.39 is 5.82 Å². The Balaban J connectivity index is 1.69. The van der Waals surface area contributed by atoms with Gasteiger partial charge < -0.3 is 25.4 Å². The quantitative estimate of drug-likeness (QED) is 0.516. The minimum atomic E-state index is -0.682. The summed E-state index contributed by atoms with van der Waals surface area (Å²) < 4.78 is 20.9. The lowest BCUT2D eigenvalue weighted by atomic mass is 10.0. The molecule has 0 bridgehead atoms. The van der Waals surface area contributed by atoms with Crippen LogP contribution < -0.4 is 15.4 Å². The van der Waals surface area contributed by atoms with Crippen molar-refractivity contribution in [3.63, 3.8) is 0 Å². The van der Waals surface area contributed by atoms with Gasteiger partial charge in [0.05, 0.1) is 11.6 Å². The van der Waals surface area contributed by atoms with Crippen LogP contribution in [-0.2, 0) is 0 Å².